The predicted molar refractivity (Wildman–Crippen MR) is 128 cm³/mol. The minimum Gasteiger partial charge on any atom is -0.457 e. The second kappa shape index (κ2) is 9.24. The van der Waals surface area contributed by atoms with Crippen molar-refractivity contribution < 1.29 is 18.4 Å². The quantitative estimate of drug-likeness (QED) is 0.660. The number of halogens is 2. The Balaban J connectivity index is 1.35. The van der Waals surface area contributed by atoms with Crippen molar-refractivity contribution in [3.63, 3.8) is 0 Å². The predicted octanol–water partition coefficient (Wildman–Crippen LogP) is 4.40. The molecule has 1 unspecified atom stereocenters. The van der Waals surface area contributed by atoms with Crippen molar-refractivity contribution in [3.8, 4) is 11.3 Å². The Kier molecular flexibility index (Phi) is 6.15. The van der Waals surface area contributed by atoms with Gasteiger partial charge in [-0.05, 0) is 75.0 Å². The average molecular weight is 482 g/mol. The van der Waals surface area contributed by atoms with Gasteiger partial charge in [0.2, 0.25) is 0 Å². The third kappa shape index (κ3) is 4.45. The van der Waals surface area contributed by atoms with Gasteiger partial charge in [-0.15, -0.1) is 0 Å². The van der Waals surface area contributed by atoms with Gasteiger partial charge in [-0.1, -0.05) is 11.6 Å². The molecule has 1 aromatic carbocycles. The van der Waals surface area contributed by atoms with Crippen molar-refractivity contribution in [3.05, 3.63) is 75.9 Å². The van der Waals surface area contributed by atoms with Crippen LogP contribution < -0.4 is 5.32 Å². The number of hydrogen-bond acceptors (Lipinski definition) is 4. The molecule has 2 saturated heterocycles. The Morgan fingerprint density at radius 1 is 1.18 bits per heavy atom. The highest BCUT2D eigenvalue weighted by atomic mass is 35.5. The summed E-state index contributed by atoms with van der Waals surface area (Å²) < 4.78 is 20.8. The number of carbonyl (C=O) groups excluding carboxylic acids is 2. The smallest absolute Gasteiger partial charge is 0.254 e. The molecule has 5 rings (SSSR count). The van der Waals surface area contributed by atoms with Gasteiger partial charge < -0.3 is 19.5 Å². The van der Waals surface area contributed by atoms with Gasteiger partial charge in [0.05, 0.1) is 5.56 Å². The molecule has 1 atom stereocenters. The zero-order valence-electron chi connectivity index (χ0n) is 18.8. The van der Waals surface area contributed by atoms with Crippen LogP contribution in [0.25, 0.3) is 17.4 Å². The van der Waals surface area contributed by atoms with Crippen LogP contribution in [0.2, 0.25) is 0 Å². The van der Waals surface area contributed by atoms with E-state index in [0.717, 1.165) is 25.2 Å². The van der Waals surface area contributed by atoms with Crippen LogP contribution in [0.4, 0.5) is 4.39 Å². The lowest BCUT2D eigenvalue weighted by molar-refractivity contribution is -0.115. The SMILES string of the molecule is CN1CCCN(C(=O)c2ccc(-c3ccc(C=C4C(=O)NC5=CC=C(Cl)CC54)o3)c(F)c2)CC1. The first kappa shape index (κ1) is 22.6. The van der Waals surface area contributed by atoms with Crippen LogP contribution >= 0.6 is 11.6 Å². The number of benzene rings is 1. The molecule has 0 saturated carbocycles. The maximum absolute atomic E-state index is 15.0. The molecule has 0 radical (unpaired) electrons. The zero-order chi connectivity index (χ0) is 23.8. The molecule has 2 amide bonds. The molecule has 8 heteroatoms. The molecular weight excluding hydrogens is 457 g/mol. The fourth-order valence-corrected chi connectivity index (χ4v) is 4.83. The highest BCUT2D eigenvalue weighted by Gasteiger charge is 2.34. The summed E-state index contributed by atoms with van der Waals surface area (Å²) in [6, 6.07) is 7.83. The van der Waals surface area contributed by atoms with Crippen LogP contribution in [0.1, 0.15) is 29.0 Å². The number of allylic oxidation sites excluding steroid dienone is 4. The number of rotatable bonds is 3. The molecule has 6 nitrogen and oxygen atoms in total. The molecular formula is C26H25ClFN3O3. The van der Waals surface area contributed by atoms with Crippen LogP contribution in [0.5, 0.6) is 0 Å². The first-order chi connectivity index (χ1) is 16.4. The molecule has 34 heavy (non-hydrogen) atoms. The highest BCUT2D eigenvalue weighted by molar-refractivity contribution is 6.30. The van der Waals surface area contributed by atoms with E-state index >= 15 is 0 Å². The van der Waals surface area contributed by atoms with E-state index < -0.39 is 5.82 Å². The molecule has 176 valence electrons. The van der Waals surface area contributed by atoms with Crippen LogP contribution in [-0.2, 0) is 4.79 Å². The number of carbonyl (C=O) groups is 2. The number of likely N-dealkylation sites (N-methyl/N-ethyl adjacent to an activating group) is 1. The van der Waals surface area contributed by atoms with Gasteiger partial charge in [0.1, 0.15) is 17.3 Å². The Morgan fingerprint density at radius 2 is 2.03 bits per heavy atom. The summed E-state index contributed by atoms with van der Waals surface area (Å²) in [5.41, 5.74) is 1.96. The van der Waals surface area contributed by atoms with Crippen LogP contribution in [0, 0.1) is 11.7 Å². The lowest BCUT2D eigenvalue weighted by Crippen LogP contribution is -2.34. The van der Waals surface area contributed by atoms with Crippen LogP contribution in [0.15, 0.2) is 63.2 Å². The third-order valence-electron chi connectivity index (χ3n) is 6.53. The van der Waals surface area contributed by atoms with Crippen LogP contribution in [0.3, 0.4) is 0 Å². The molecule has 3 heterocycles. The lowest BCUT2D eigenvalue weighted by Gasteiger charge is -2.20. The number of fused-ring (bicyclic) bond motifs is 1. The second-order valence-corrected chi connectivity index (χ2v) is 9.38. The number of hydrogen-bond donors (Lipinski definition) is 1. The fraction of sp³-hybridized carbons (Fsp3) is 0.308. The first-order valence-electron chi connectivity index (χ1n) is 11.4. The van der Waals surface area contributed by atoms with Gasteiger partial charge in [-0.3, -0.25) is 9.59 Å². The van der Waals surface area contributed by atoms with E-state index in [0.29, 0.717) is 47.2 Å². The summed E-state index contributed by atoms with van der Waals surface area (Å²) in [5.74, 6) is -0.251. The molecule has 2 fully saturated rings. The number of amides is 2. The summed E-state index contributed by atoms with van der Waals surface area (Å²) in [4.78, 5) is 29.3. The maximum atomic E-state index is 15.0. The number of furan rings is 1. The number of nitrogens with one attached hydrogen (secondary N) is 1. The van der Waals surface area contributed by atoms with Crippen molar-refractivity contribution in [2.75, 3.05) is 33.2 Å². The van der Waals surface area contributed by atoms with Gasteiger partial charge in [0.15, 0.2) is 0 Å². The van der Waals surface area contributed by atoms with Gasteiger partial charge >= 0.3 is 0 Å². The maximum Gasteiger partial charge on any atom is 0.254 e. The summed E-state index contributed by atoms with van der Waals surface area (Å²) in [6.45, 7) is 3.03. The lowest BCUT2D eigenvalue weighted by atomic mass is 9.92. The zero-order valence-corrected chi connectivity index (χ0v) is 19.6. The second-order valence-electron chi connectivity index (χ2n) is 8.89. The van der Waals surface area contributed by atoms with E-state index in [2.05, 4.69) is 10.2 Å². The van der Waals surface area contributed by atoms with Crippen LogP contribution in [-0.4, -0.2) is 54.8 Å². The molecule has 0 bridgehead atoms. The van der Waals surface area contributed by atoms with E-state index in [9.17, 15) is 14.0 Å². The Morgan fingerprint density at radius 3 is 2.85 bits per heavy atom. The van der Waals surface area contributed by atoms with Crippen molar-refractivity contribution in [2.45, 2.75) is 12.8 Å². The minimum atomic E-state index is -0.528. The minimum absolute atomic E-state index is 0.139. The van der Waals surface area contributed by atoms with Crippen molar-refractivity contribution in [1.82, 2.24) is 15.1 Å². The normalized spacial score (nSPS) is 22.2. The largest absolute Gasteiger partial charge is 0.457 e. The number of nitrogens with zero attached hydrogens (tertiary/aromatic N) is 2. The van der Waals surface area contributed by atoms with Gasteiger partial charge in [-0.2, -0.15) is 0 Å². The van der Waals surface area contributed by atoms with E-state index in [1.165, 1.54) is 6.07 Å². The summed E-state index contributed by atoms with van der Waals surface area (Å²) in [5, 5.41) is 3.54. The molecule has 2 aromatic rings. The first-order valence-corrected chi connectivity index (χ1v) is 11.7. The molecule has 2 aliphatic heterocycles. The molecule has 1 aliphatic carbocycles. The van der Waals surface area contributed by atoms with Gasteiger partial charge in [0.25, 0.3) is 11.8 Å². The van der Waals surface area contributed by atoms with Gasteiger partial charge in [0, 0.05) is 47.4 Å². The topological polar surface area (TPSA) is 65.8 Å². The van der Waals surface area contributed by atoms with E-state index in [4.69, 9.17) is 16.0 Å². The summed E-state index contributed by atoms with van der Waals surface area (Å²) in [7, 11) is 2.03. The molecule has 1 aromatic heterocycles. The summed E-state index contributed by atoms with van der Waals surface area (Å²) >= 11 is 6.16. The van der Waals surface area contributed by atoms with Gasteiger partial charge in [-0.25, -0.2) is 4.39 Å². The highest BCUT2D eigenvalue weighted by Crippen LogP contribution is 2.37. The molecule has 3 aliphatic rings. The standard InChI is InChI=1S/C26H25ClFN3O3/c1-30-9-2-10-31(12-11-30)26(33)16-3-6-19(22(28)13-16)24-8-5-18(34-24)15-21-20-14-17(27)4-7-23(20)29-25(21)32/h3-8,13,15,20H,2,9-12,14H2,1H3,(H,29,32). The average Bonchev–Trinajstić information content (AvgIpc) is 3.32. The van der Waals surface area contributed by atoms with Crippen molar-refractivity contribution in [2.24, 2.45) is 5.92 Å². The third-order valence-corrected chi connectivity index (χ3v) is 6.81. The monoisotopic (exact) mass is 481 g/mol. The Labute approximate surface area is 202 Å². The molecule has 0 spiro atoms. The fourth-order valence-electron chi connectivity index (χ4n) is 4.61. The molecule has 1 N–H and O–H groups in total. The Hall–Kier alpha value is -3.16. The van der Waals surface area contributed by atoms with E-state index in [1.54, 1.807) is 41.3 Å². The summed E-state index contributed by atoms with van der Waals surface area (Å²) in [6.07, 6.45) is 6.70. The van der Waals surface area contributed by atoms with E-state index in [1.807, 2.05) is 13.1 Å². The van der Waals surface area contributed by atoms with E-state index in [-0.39, 0.29) is 23.3 Å². The van der Waals surface area contributed by atoms with Crippen molar-refractivity contribution in [1.29, 1.82) is 0 Å². The van der Waals surface area contributed by atoms with Crippen molar-refractivity contribution >= 4 is 29.5 Å². The Bertz CT molecular complexity index is 1250.